The number of hydrogen-bond acceptors (Lipinski definition) is 16. The van der Waals surface area contributed by atoms with Gasteiger partial charge in [-0.15, -0.1) is 0 Å². The summed E-state index contributed by atoms with van der Waals surface area (Å²) in [6, 6.07) is -0.274. The molecule has 0 aliphatic carbocycles. The van der Waals surface area contributed by atoms with Gasteiger partial charge in [0.05, 0.1) is 13.2 Å². The molecule has 3 heterocycles. The molecular formula is C17H30N4O18P2. The molecule has 1 amide bonds. The molecule has 1 aromatic heterocycles. The molecule has 0 saturated carbocycles. The van der Waals surface area contributed by atoms with E-state index in [1.165, 1.54) is 6.92 Å². The first kappa shape index (κ1) is 35.1. The van der Waals surface area contributed by atoms with Gasteiger partial charge in [-0.25, -0.2) is 13.9 Å². The number of hydrogen-bond donors (Lipinski definition) is 12. The van der Waals surface area contributed by atoms with E-state index in [9.17, 15) is 49.0 Å². The second kappa shape index (κ2) is 13.9. The number of nitrogens with two attached hydrogens (primary N) is 1. The zero-order valence-electron chi connectivity index (χ0n) is 20.8. The fourth-order valence-electron chi connectivity index (χ4n) is 3.68. The SMILES string of the molecule is CC(=O)N[C@H]1C(O)O[C@H](CO)[C@@H](O)[C@@H]1O.Nc1cc(=O)[nH]c(=O)n1[C@@H]1O[C@H](COP(=O)(O)OP(=O)(O)O)[C@@H](O)[C@H]1O. The van der Waals surface area contributed by atoms with E-state index in [1.807, 2.05) is 4.98 Å². The summed E-state index contributed by atoms with van der Waals surface area (Å²) in [6.45, 7) is -0.257. The number of aromatic amines is 1. The molecule has 0 spiro atoms. The third kappa shape index (κ3) is 9.44. The van der Waals surface area contributed by atoms with Crippen molar-refractivity contribution in [3.63, 3.8) is 0 Å². The summed E-state index contributed by atoms with van der Waals surface area (Å²) in [6.07, 6.45) is -11.8. The van der Waals surface area contributed by atoms with E-state index in [0.29, 0.717) is 4.57 Å². The van der Waals surface area contributed by atoms with Crippen molar-refractivity contribution in [3.8, 4) is 0 Å². The molecule has 2 unspecified atom stereocenters. The number of aromatic nitrogens is 2. The average molecular weight is 640 g/mol. The van der Waals surface area contributed by atoms with Crippen LogP contribution >= 0.6 is 15.6 Å². The molecule has 24 heteroatoms. The van der Waals surface area contributed by atoms with E-state index in [4.69, 9.17) is 35.0 Å². The van der Waals surface area contributed by atoms with Crippen LogP contribution in [0.3, 0.4) is 0 Å². The number of aliphatic hydroxyl groups excluding tert-OH is 6. The normalized spacial score (nSPS) is 33.4. The lowest BCUT2D eigenvalue weighted by Gasteiger charge is -2.40. The molecule has 0 radical (unpaired) electrons. The highest BCUT2D eigenvalue weighted by Gasteiger charge is 2.46. The fraction of sp³-hybridized carbons (Fsp3) is 0.706. The summed E-state index contributed by atoms with van der Waals surface area (Å²) in [5.74, 6) is -0.856. The number of anilines is 1. The van der Waals surface area contributed by atoms with Gasteiger partial charge in [-0.3, -0.25) is 23.7 Å². The maximum Gasteiger partial charge on any atom is 0.481 e. The van der Waals surface area contributed by atoms with E-state index in [0.717, 1.165) is 6.07 Å². The predicted octanol–water partition coefficient (Wildman–Crippen LogP) is -6.11. The zero-order chi connectivity index (χ0) is 31.4. The molecule has 2 saturated heterocycles. The van der Waals surface area contributed by atoms with Gasteiger partial charge in [0.2, 0.25) is 5.91 Å². The van der Waals surface area contributed by atoms with Gasteiger partial charge in [-0.05, 0) is 0 Å². The van der Waals surface area contributed by atoms with Crippen LogP contribution in [0.4, 0.5) is 5.82 Å². The summed E-state index contributed by atoms with van der Waals surface area (Å²) in [4.78, 5) is 61.7. The molecule has 41 heavy (non-hydrogen) atoms. The molecule has 236 valence electrons. The third-order valence-corrected chi connectivity index (χ3v) is 7.63. The molecule has 0 bridgehead atoms. The Morgan fingerprint density at radius 1 is 1.05 bits per heavy atom. The van der Waals surface area contributed by atoms with Gasteiger partial charge in [-0.1, -0.05) is 0 Å². The quantitative estimate of drug-likeness (QED) is 0.118. The highest BCUT2D eigenvalue weighted by Crippen LogP contribution is 2.57. The van der Waals surface area contributed by atoms with Crippen LogP contribution in [0.2, 0.25) is 0 Å². The van der Waals surface area contributed by atoms with Gasteiger partial charge < -0.3 is 65.8 Å². The van der Waals surface area contributed by atoms with Crippen LogP contribution in [0.1, 0.15) is 13.2 Å². The van der Waals surface area contributed by atoms with E-state index in [2.05, 4.69) is 14.2 Å². The molecule has 3 rings (SSSR count). The van der Waals surface area contributed by atoms with Crippen LogP contribution in [0.5, 0.6) is 0 Å². The lowest BCUT2D eigenvalue weighted by molar-refractivity contribution is -0.253. The fourth-order valence-corrected chi connectivity index (χ4v) is 5.28. The van der Waals surface area contributed by atoms with Gasteiger partial charge in [0.25, 0.3) is 5.56 Å². The number of ether oxygens (including phenoxy) is 2. The first-order chi connectivity index (χ1) is 18.8. The second-order valence-corrected chi connectivity index (χ2v) is 11.4. The minimum absolute atomic E-state index is 0.394. The lowest BCUT2D eigenvalue weighted by Crippen LogP contribution is -2.63. The Balaban J connectivity index is 0.000000333. The number of phosphoric ester groups is 1. The summed E-state index contributed by atoms with van der Waals surface area (Å²) in [5, 5.41) is 59.3. The van der Waals surface area contributed by atoms with Crippen molar-refractivity contribution in [1.29, 1.82) is 0 Å². The Bertz CT molecular complexity index is 1270. The van der Waals surface area contributed by atoms with Crippen LogP contribution in [0, 0.1) is 0 Å². The molecule has 0 aromatic carbocycles. The molecule has 13 N–H and O–H groups in total. The number of nitrogens with zero attached hydrogens (tertiary/aromatic N) is 1. The standard InChI is InChI=1S/C9H15N3O12P2.C8H15NO6/c10-4-1-5(13)11-9(16)12(4)8-7(15)6(14)3(23-8)2-22-26(20,21)24-25(17,18)19;1-3(11)9-5-7(13)6(12)4(2-10)15-8(5)14/h1,3,6-8,14-15H,2,10H2,(H,20,21)(H,11,13,16)(H2,17,18,19);4-8,10,12-14H,2H2,1H3,(H,9,11)/t3-,6-,7-,8-;4-,5-,6-,7-,8?/m11/s1. The summed E-state index contributed by atoms with van der Waals surface area (Å²) >= 11 is 0. The molecule has 2 aliphatic heterocycles. The Hall–Kier alpha value is -2.11. The Kier molecular flexibility index (Phi) is 11.9. The lowest BCUT2D eigenvalue weighted by atomic mass is 9.97. The minimum Gasteiger partial charge on any atom is -0.394 e. The number of carbonyl (C=O) groups is 1. The molecular weight excluding hydrogens is 610 g/mol. The van der Waals surface area contributed by atoms with Crippen molar-refractivity contribution >= 4 is 27.4 Å². The van der Waals surface area contributed by atoms with Crippen LogP contribution in [0.25, 0.3) is 0 Å². The smallest absolute Gasteiger partial charge is 0.394 e. The zero-order valence-corrected chi connectivity index (χ0v) is 22.6. The van der Waals surface area contributed by atoms with Gasteiger partial charge in [0, 0.05) is 13.0 Å². The first-order valence-corrected chi connectivity index (χ1v) is 14.2. The average Bonchev–Trinajstić information content (AvgIpc) is 3.09. The predicted molar refractivity (Wildman–Crippen MR) is 128 cm³/mol. The van der Waals surface area contributed by atoms with Crippen LogP contribution in [-0.4, -0.2) is 123 Å². The molecule has 10 atom stereocenters. The van der Waals surface area contributed by atoms with Crippen molar-refractivity contribution in [3.05, 3.63) is 26.9 Å². The van der Waals surface area contributed by atoms with Crippen molar-refractivity contribution in [2.75, 3.05) is 18.9 Å². The van der Waals surface area contributed by atoms with Gasteiger partial charge in [0.15, 0.2) is 12.5 Å². The molecule has 2 aliphatic rings. The Morgan fingerprint density at radius 3 is 2.15 bits per heavy atom. The highest BCUT2D eigenvalue weighted by atomic mass is 31.3. The Morgan fingerprint density at radius 2 is 1.63 bits per heavy atom. The van der Waals surface area contributed by atoms with Crippen molar-refractivity contribution in [2.45, 2.75) is 62.1 Å². The summed E-state index contributed by atoms with van der Waals surface area (Å²) < 4.78 is 40.4. The Labute approximate surface area is 228 Å². The summed E-state index contributed by atoms with van der Waals surface area (Å²) in [5.41, 5.74) is 3.65. The van der Waals surface area contributed by atoms with E-state index in [1.54, 1.807) is 0 Å². The van der Waals surface area contributed by atoms with Crippen LogP contribution in [0.15, 0.2) is 15.7 Å². The van der Waals surface area contributed by atoms with Crippen molar-refractivity contribution < 1.29 is 77.6 Å². The number of H-pyrrole nitrogens is 1. The number of rotatable bonds is 8. The van der Waals surface area contributed by atoms with Gasteiger partial charge >= 0.3 is 21.3 Å². The van der Waals surface area contributed by atoms with Crippen molar-refractivity contribution in [1.82, 2.24) is 14.9 Å². The number of phosphoric acid groups is 2. The first-order valence-electron chi connectivity index (χ1n) is 11.2. The van der Waals surface area contributed by atoms with E-state index < -0.39 is 107 Å². The minimum atomic E-state index is -5.34. The van der Waals surface area contributed by atoms with E-state index in [-0.39, 0.29) is 0 Å². The number of aliphatic hydroxyl groups is 6. The highest BCUT2D eigenvalue weighted by molar-refractivity contribution is 7.60. The maximum atomic E-state index is 11.8. The third-order valence-electron chi connectivity index (χ3n) is 5.48. The topological polar surface area (TPSA) is 363 Å². The maximum absolute atomic E-state index is 11.8. The molecule has 2 fully saturated rings. The summed E-state index contributed by atoms with van der Waals surface area (Å²) in [7, 11) is -10.5. The monoisotopic (exact) mass is 640 g/mol. The van der Waals surface area contributed by atoms with Crippen LogP contribution < -0.4 is 22.3 Å². The van der Waals surface area contributed by atoms with E-state index >= 15 is 0 Å². The van der Waals surface area contributed by atoms with Gasteiger partial charge in [0.1, 0.15) is 48.5 Å². The molecule has 1 aromatic rings. The van der Waals surface area contributed by atoms with Gasteiger partial charge in [-0.2, -0.15) is 4.31 Å². The number of amides is 1. The number of carbonyl (C=O) groups excluding carboxylic acids is 1. The van der Waals surface area contributed by atoms with Crippen LogP contribution in [-0.2, 0) is 32.2 Å². The largest absolute Gasteiger partial charge is 0.481 e. The number of nitrogens with one attached hydrogen (secondary N) is 2. The van der Waals surface area contributed by atoms with Crippen molar-refractivity contribution in [2.24, 2.45) is 0 Å². The second-order valence-electron chi connectivity index (χ2n) is 8.57. The molecule has 22 nitrogen and oxygen atoms in total. The number of nitrogen functional groups attached to an aromatic ring is 1.